The van der Waals surface area contributed by atoms with Gasteiger partial charge in [-0.25, -0.2) is 8.78 Å². The number of halogens is 2. The van der Waals surface area contributed by atoms with E-state index >= 15 is 0 Å². The minimum absolute atomic E-state index is 0.0939. The number of nitrogens with zero attached hydrogens (tertiary/aromatic N) is 1. The summed E-state index contributed by atoms with van der Waals surface area (Å²) < 4.78 is 26.7. The third kappa shape index (κ3) is 4.22. The Morgan fingerprint density at radius 1 is 1.14 bits per heavy atom. The molecule has 1 aromatic carbocycles. The first-order valence-electron chi connectivity index (χ1n) is 7.57. The van der Waals surface area contributed by atoms with Crippen LogP contribution in [0.1, 0.15) is 39.7 Å². The molecule has 1 aromatic rings. The lowest BCUT2D eigenvalue weighted by Crippen LogP contribution is -2.61. The van der Waals surface area contributed by atoms with E-state index in [-0.39, 0.29) is 11.6 Å². The maximum Gasteiger partial charge on any atom is 0.126 e. The van der Waals surface area contributed by atoms with Crippen LogP contribution in [0.15, 0.2) is 18.2 Å². The first-order valence-corrected chi connectivity index (χ1v) is 7.57. The van der Waals surface area contributed by atoms with E-state index in [1.165, 1.54) is 12.1 Å². The third-order valence-corrected chi connectivity index (χ3v) is 4.52. The van der Waals surface area contributed by atoms with Crippen molar-refractivity contribution in [3.8, 4) is 0 Å². The van der Waals surface area contributed by atoms with Crippen LogP contribution in [0.3, 0.4) is 0 Å². The molecule has 0 radical (unpaired) electrons. The van der Waals surface area contributed by atoms with Crippen LogP contribution in [0.5, 0.6) is 0 Å². The molecule has 3 nitrogen and oxygen atoms in total. The van der Waals surface area contributed by atoms with Crippen molar-refractivity contribution in [2.24, 2.45) is 5.84 Å². The molecule has 0 saturated carbocycles. The molecule has 0 aliphatic rings. The van der Waals surface area contributed by atoms with Gasteiger partial charge in [0.25, 0.3) is 0 Å². The molecule has 0 aromatic heterocycles. The summed E-state index contributed by atoms with van der Waals surface area (Å²) in [6.07, 6.45) is 1.37. The van der Waals surface area contributed by atoms with Crippen LogP contribution in [0.2, 0.25) is 0 Å². The molecule has 0 aliphatic heterocycles. The number of benzene rings is 1. The third-order valence-electron chi connectivity index (χ3n) is 4.52. The second-order valence-corrected chi connectivity index (χ2v) is 5.58. The van der Waals surface area contributed by atoms with Gasteiger partial charge in [0.2, 0.25) is 0 Å². The van der Waals surface area contributed by atoms with Gasteiger partial charge < -0.3 is 0 Å². The second-order valence-electron chi connectivity index (χ2n) is 5.58. The van der Waals surface area contributed by atoms with E-state index in [2.05, 4.69) is 38.0 Å². The highest BCUT2D eigenvalue weighted by molar-refractivity contribution is 5.20. The zero-order valence-electron chi connectivity index (χ0n) is 13.4. The number of rotatable bonds is 8. The minimum Gasteiger partial charge on any atom is -0.297 e. The van der Waals surface area contributed by atoms with Crippen molar-refractivity contribution < 1.29 is 8.78 Å². The van der Waals surface area contributed by atoms with E-state index in [1.54, 1.807) is 0 Å². The number of likely N-dealkylation sites (N-methyl/N-ethyl adjacent to an activating group) is 1. The molecule has 1 rings (SSSR count). The number of hydrazine groups is 1. The first-order chi connectivity index (χ1) is 9.90. The molecular formula is C16H27F2N3. The van der Waals surface area contributed by atoms with Crippen molar-refractivity contribution in [3.63, 3.8) is 0 Å². The Balaban J connectivity index is 3.04. The maximum absolute atomic E-state index is 13.3. The highest BCUT2D eigenvalue weighted by Crippen LogP contribution is 2.26. The van der Waals surface area contributed by atoms with Crippen LogP contribution in [0.4, 0.5) is 8.78 Å². The van der Waals surface area contributed by atoms with Crippen LogP contribution >= 0.6 is 0 Å². The Morgan fingerprint density at radius 3 is 2.05 bits per heavy atom. The molecule has 21 heavy (non-hydrogen) atoms. The van der Waals surface area contributed by atoms with Crippen LogP contribution in [0.25, 0.3) is 0 Å². The number of hydrogen-bond donors (Lipinski definition) is 2. The van der Waals surface area contributed by atoms with E-state index in [0.717, 1.165) is 25.6 Å². The second kappa shape index (κ2) is 7.82. The molecule has 0 bridgehead atoms. The van der Waals surface area contributed by atoms with Gasteiger partial charge >= 0.3 is 0 Å². The van der Waals surface area contributed by atoms with E-state index < -0.39 is 11.6 Å². The average Bonchev–Trinajstić information content (AvgIpc) is 2.44. The molecular weight excluding hydrogens is 272 g/mol. The lowest BCUT2D eigenvalue weighted by molar-refractivity contribution is 0.0700. The Bertz CT molecular complexity index is 429. The van der Waals surface area contributed by atoms with E-state index in [1.807, 2.05) is 0 Å². The van der Waals surface area contributed by atoms with Gasteiger partial charge in [-0.2, -0.15) is 0 Å². The van der Waals surface area contributed by atoms with Crippen molar-refractivity contribution >= 4 is 0 Å². The minimum atomic E-state index is -0.554. The summed E-state index contributed by atoms with van der Waals surface area (Å²) in [7, 11) is 0. The summed E-state index contributed by atoms with van der Waals surface area (Å²) in [5.41, 5.74) is 3.28. The standard InChI is InChI=1S/C16H27F2N3/c1-5-16(4,21(6-2)7-3)15(20-19)10-12-8-13(17)11-14(18)9-12/h8-9,11,15,20H,5-7,10,19H2,1-4H3. The molecule has 0 aliphatic carbocycles. The number of hydrogen-bond acceptors (Lipinski definition) is 3. The lowest BCUT2D eigenvalue weighted by Gasteiger charge is -2.45. The van der Waals surface area contributed by atoms with E-state index in [0.29, 0.717) is 12.0 Å². The molecule has 5 heteroatoms. The van der Waals surface area contributed by atoms with Crippen LogP contribution < -0.4 is 11.3 Å². The Labute approximate surface area is 126 Å². The molecule has 3 N–H and O–H groups in total. The fourth-order valence-electron chi connectivity index (χ4n) is 3.06. The molecule has 0 spiro atoms. The van der Waals surface area contributed by atoms with Crippen molar-refractivity contribution in [1.29, 1.82) is 0 Å². The molecule has 0 fully saturated rings. The van der Waals surface area contributed by atoms with Crippen LogP contribution in [-0.4, -0.2) is 29.6 Å². The average molecular weight is 299 g/mol. The number of nitrogens with two attached hydrogens (primary N) is 1. The van der Waals surface area contributed by atoms with Gasteiger partial charge in [-0.05, 0) is 50.6 Å². The van der Waals surface area contributed by atoms with Gasteiger partial charge in [-0.15, -0.1) is 0 Å². The molecule has 2 atom stereocenters. The van der Waals surface area contributed by atoms with E-state index in [9.17, 15) is 8.78 Å². The predicted molar refractivity (Wildman–Crippen MR) is 82.8 cm³/mol. The quantitative estimate of drug-likeness (QED) is 0.573. The predicted octanol–water partition coefficient (Wildman–Crippen LogP) is 2.85. The van der Waals surface area contributed by atoms with Gasteiger partial charge in [-0.3, -0.25) is 16.2 Å². The SMILES string of the molecule is CCN(CC)C(C)(CC)C(Cc1cc(F)cc(F)c1)NN. The normalized spacial score (nSPS) is 16.0. The zero-order valence-corrected chi connectivity index (χ0v) is 13.4. The first kappa shape index (κ1) is 18.0. The van der Waals surface area contributed by atoms with Gasteiger partial charge in [0.15, 0.2) is 0 Å². The Hall–Kier alpha value is -1.04. The fourth-order valence-corrected chi connectivity index (χ4v) is 3.06. The monoisotopic (exact) mass is 299 g/mol. The summed E-state index contributed by atoms with van der Waals surface area (Å²) in [4.78, 5) is 2.33. The summed E-state index contributed by atoms with van der Waals surface area (Å²) in [6.45, 7) is 10.3. The molecule has 0 saturated heterocycles. The topological polar surface area (TPSA) is 41.3 Å². The fraction of sp³-hybridized carbons (Fsp3) is 0.625. The molecule has 120 valence electrons. The summed E-state index contributed by atoms with van der Waals surface area (Å²) in [5, 5.41) is 0. The van der Waals surface area contributed by atoms with Crippen molar-refractivity contribution in [1.82, 2.24) is 10.3 Å². The maximum atomic E-state index is 13.3. The summed E-state index contributed by atoms with van der Waals surface area (Å²) >= 11 is 0. The molecule has 0 amide bonds. The van der Waals surface area contributed by atoms with Crippen LogP contribution in [-0.2, 0) is 6.42 Å². The molecule has 2 unspecified atom stereocenters. The highest BCUT2D eigenvalue weighted by Gasteiger charge is 2.36. The molecule has 0 heterocycles. The highest BCUT2D eigenvalue weighted by atomic mass is 19.1. The van der Waals surface area contributed by atoms with Crippen molar-refractivity contribution in [2.45, 2.75) is 52.1 Å². The van der Waals surface area contributed by atoms with Gasteiger partial charge in [0.1, 0.15) is 11.6 Å². The van der Waals surface area contributed by atoms with E-state index in [4.69, 9.17) is 5.84 Å². The number of nitrogens with one attached hydrogen (secondary N) is 1. The van der Waals surface area contributed by atoms with Gasteiger partial charge in [0, 0.05) is 17.6 Å². The zero-order chi connectivity index (χ0) is 16.0. The smallest absolute Gasteiger partial charge is 0.126 e. The van der Waals surface area contributed by atoms with Gasteiger partial charge in [-0.1, -0.05) is 20.8 Å². The summed E-state index contributed by atoms with van der Waals surface area (Å²) in [6, 6.07) is 3.53. The Morgan fingerprint density at radius 2 is 1.67 bits per heavy atom. The van der Waals surface area contributed by atoms with Crippen molar-refractivity contribution in [3.05, 3.63) is 35.4 Å². The van der Waals surface area contributed by atoms with Crippen LogP contribution in [0, 0.1) is 11.6 Å². The lowest BCUT2D eigenvalue weighted by atomic mass is 9.83. The summed E-state index contributed by atoms with van der Waals surface area (Å²) in [5.74, 6) is 4.63. The Kier molecular flexibility index (Phi) is 6.71. The van der Waals surface area contributed by atoms with Crippen molar-refractivity contribution in [2.75, 3.05) is 13.1 Å². The van der Waals surface area contributed by atoms with Gasteiger partial charge in [0.05, 0.1) is 0 Å². The largest absolute Gasteiger partial charge is 0.297 e.